The number of amides is 1. The Morgan fingerprint density at radius 2 is 1.57 bits per heavy atom. The number of benzene rings is 2. The number of carbonyl (C=O) groups excluding carboxylic acids is 1. The molecule has 2 aromatic carbocycles. The molecule has 0 radical (unpaired) electrons. The zero-order valence-corrected chi connectivity index (χ0v) is 17.7. The number of piperidine rings is 1. The van der Waals surface area contributed by atoms with Crippen LogP contribution in [0, 0.1) is 5.82 Å². The van der Waals surface area contributed by atoms with Gasteiger partial charge in [-0.3, -0.25) is 9.69 Å². The third-order valence-electron chi connectivity index (χ3n) is 6.54. The summed E-state index contributed by atoms with van der Waals surface area (Å²) in [4.78, 5) is 19.6. The third-order valence-corrected chi connectivity index (χ3v) is 6.54. The van der Waals surface area contributed by atoms with Crippen LogP contribution in [0.3, 0.4) is 0 Å². The van der Waals surface area contributed by atoms with Crippen LogP contribution in [-0.4, -0.2) is 65.9 Å². The summed E-state index contributed by atoms with van der Waals surface area (Å²) in [6.07, 6.45) is 4.05. The summed E-state index contributed by atoms with van der Waals surface area (Å²) in [6.45, 7) is 6.52. The standard InChI is InChI=1S/C25H32FN3O/c26-23-8-6-22(7-9-23)20-29-19-18-28(17-13-25(29)30)24-11-15-27(16-12-24)14-10-21-4-2-1-3-5-21/h1-9,24H,10-20H2. The summed E-state index contributed by atoms with van der Waals surface area (Å²) in [5.74, 6) is -0.0237. The molecule has 0 bridgehead atoms. The molecule has 2 aromatic rings. The van der Waals surface area contributed by atoms with Crippen molar-refractivity contribution in [3.05, 3.63) is 71.5 Å². The normalized spacial score (nSPS) is 19.8. The van der Waals surface area contributed by atoms with Crippen LogP contribution in [0.4, 0.5) is 4.39 Å². The molecule has 2 saturated heterocycles. The van der Waals surface area contributed by atoms with Crippen LogP contribution in [-0.2, 0) is 17.8 Å². The zero-order chi connectivity index (χ0) is 20.8. The van der Waals surface area contributed by atoms with Crippen LogP contribution in [0.5, 0.6) is 0 Å². The van der Waals surface area contributed by atoms with Gasteiger partial charge in [0, 0.05) is 45.2 Å². The van der Waals surface area contributed by atoms with Crippen LogP contribution in [0.1, 0.15) is 30.4 Å². The molecule has 0 aliphatic carbocycles. The molecule has 2 fully saturated rings. The van der Waals surface area contributed by atoms with Crippen LogP contribution in [0.25, 0.3) is 0 Å². The summed E-state index contributed by atoms with van der Waals surface area (Å²) >= 11 is 0. The summed E-state index contributed by atoms with van der Waals surface area (Å²) in [6, 6.07) is 17.8. The molecule has 2 aliphatic heterocycles. The molecule has 0 N–H and O–H groups in total. The number of carbonyl (C=O) groups is 1. The van der Waals surface area contributed by atoms with Gasteiger partial charge in [0.15, 0.2) is 0 Å². The van der Waals surface area contributed by atoms with Crippen molar-refractivity contribution in [1.29, 1.82) is 0 Å². The molecule has 4 rings (SSSR count). The van der Waals surface area contributed by atoms with Crippen LogP contribution in [0.2, 0.25) is 0 Å². The Hall–Kier alpha value is -2.24. The molecule has 0 unspecified atom stereocenters. The van der Waals surface area contributed by atoms with Gasteiger partial charge >= 0.3 is 0 Å². The molecule has 1 amide bonds. The predicted molar refractivity (Wildman–Crippen MR) is 118 cm³/mol. The zero-order valence-electron chi connectivity index (χ0n) is 17.7. The lowest BCUT2D eigenvalue weighted by atomic mass is 10.0. The van der Waals surface area contributed by atoms with E-state index in [-0.39, 0.29) is 11.7 Å². The van der Waals surface area contributed by atoms with Crippen LogP contribution < -0.4 is 0 Å². The minimum Gasteiger partial charge on any atom is -0.337 e. The molecule has 5 heteroatoms. The van der Waals surface area contributed by atoms with Gasteiger partial charge in [0.1, 0.15) is 5.82 Å². The Morgan fingerprint density at radius 3 is 2.30 bits per heavy atom. The summed E-state index contributed by atoms with van der Waals surface area (Å²) < 4.78 is 13.1. The minimum atomic E-state index is -0.234. The van der Waals surface area contributed by atoms with Gasteiger partial charge in [0.2, 0.25) is 5.91 Å². The average molecular weight is 410 g/mol. The molecule has 30 heavy (non-hydrogen) atoms. The van der Waals surface area contributed by atoms with E-state index in [1.54, 1.807) is 12.1 Å². The molecular formula is C25H32FN3O. The van der Waals surface area contributed by atoms with E-state index in [9.17, 15) is 9.18 Å². The first kappa shape index (κ1) is 21.0. The van der Waals surface area contributed by atoms with Crippen molar-refractivity contribution in [2.75, 3.05) is 39.3 Å². The Balaban J connectivity index is 1.23. The van der Waals surface area contributed by atoms with Gasteiger partial charge in [-0.05, 0) is 55.6 Å². The maximum Gasteiger partial charge on any atom is 0.224 e. The first-order chi connectivity index (χ1) is 14.7. The fourth-order valence-corrected chi connectivity index (χ4v) is 4.67. The third kappa shape index (κ3) is 5.67. The topological polar surface area (TPSA) is 26.8 Å². The van der Waals surface area contributed by atoms with Crippen LogP contribution >= 0.6 is 0 Å². The summed E-state index contributed by atoms with van der Waals surface area (Å²) in [5.41, 5.74) is 2.40. The lowest BCUT2D eigenvalue weighted by Gasteiger charge is -2.38. The lowest BCUT2D eigenvalue weighted by Crippen LogP contribution is -2.46. The van der Waals surface area contributed by atoms with Crippen molar-refractivity contribution in [2.24, 2.45) is 0 Å². The van der Waals surface area contributed by atoms with Crippen molar-refractivity contribution >= 4 is 5.91 Å². The minimum absolute atomic E-state index is 0.210. The maximum atomic E-state index is 13.1. The Labute approximate surface area is 179 Å². The smallest absolute Gasteiger partial charge is 0.224 e. The molecule has 160 valence electrons. The number of rotatable bonds is 6. The number of halogens is 1. The van der Waals surface area contributed by atoms with Crippen molar-refractivity contribution in [3.63, 3.8) is 0 Å². The van der Waals surface area contributed by atoms with Gasteiger partial charge in [0.05, 0.1) is 0 Å². The van der Waals surface area contributed by atoms with Gasteiger partial charge in [-0.15, -0.1) is 0 Å². The second kappa shape index (κ2) is 10.2. The van der Waals surface area contributed by atoms with E-state index in [1.807, 2.05) is 4.90 Å². The molecular weight excluding hydrogens is 377 g/mol. The van der Waals surface area contributed by atoms with Crippen molar-refractivity contribution in [3.8, 4) is 0 Å². The monoisotopic (exact) mass is 409 g/mol. The predicted octanol–water partition coefficient (Wildman–Crippen LogP) is 3.57. The molecule has 4 nitrogen and oxygen atoms in total. The number of nitrogens with zero attached hydrogens (tertiary/aromatic N) is 3. The summed E-state index contributed by atoms with van der Waals surface area (Å²) in [7, 11) is 0. The molecule has 0 aromatic heterocycles. The Kier molecular flexibility index (Phi) is 7.13. The van der Waals surface area contributed by atoms with E-state index in [1.165, 1.54) is 30.5 Å². The number of hydrogen-bond acceptors (Lipinski definition) is 3. The first-order valence-corrected chi connectivity index (χ1v) is 11.2. The SMILES string of the molecule is O=C1CCN(C2CCN(CCc3ccccc3)CC2)CCN1Cc1ccc(F)cc1. The Bertz CT molecular complexity index is 803. The van der Waals surface area contributed by atoms with E-state index in [0.717, 1.165) is 51.3 Å². The average Bonchev–Trinajstić information content (AvgIpc) is 2.97. The molecule has 2 heterocycles. The van der Waals surface area contributed by atoms with Gasteiger partial charge in [-0.1, -0.05) is 42.5 Å². The van der Waals surface area contributed by atoms with Gasteiger partial charge in [0.25, 0.3) is 0 Å². The van der Waals surface area contributed by atoms with Gasteiger partial charge in [-0.2, -0.15) is 0 Å². The second-order valence-electron chi connectivity index (χ2n) is 8.54. The van der Waals surface area contributed by atoms with Crippen molar-refractivity contribution in [1.82, 2.24) is 14.7 Å². The number of likely N-dealkylation sites (tertiary alicyclic amines) is 1. The van der Waals surface area contributed by atoms with Crippen molar-refractivity contribution < 1.29 is 9.18 Å². The highest BCUT2D eigenvalue weighted by molar-refractivity contribution is 5.76. The number of hydrogen-bond donors (Lipinski definition) is 0. The molecule has 0 spiro atoms. The van der Waals surface area contributed by atoms with E-state index in [0.29, 0.717) is 19.0 Å². The quantitative estimate of drug-likeness (QED) is 0.730. The Morgan fingerprint density at radius 1 is 0.833 bits per heavy atom. The van der Waals surface area contributed by atoms with Crippen molar-refractivity contribution in [2.45, 2.75) is 38.3 Å². The molecule has 0 atom stereocenters. The lowest BCUT2D eigenvalue weighted by molar-refractivity contribution is -0.130. The largest absolute Gasteiger partial charge is 0.337 e. The first-order valence-electron chi connectivity index (χ1n) is 11.2. The van der Waals surface area contributed by atoms with E-state index >= 15 is 0 Å². The van der Waals surface area contributed by atoms with Crippen LogP contribution in [0.15, 0.2) is 54.6 Å². The molecule has 0 saturated carbocycles. The fraction of sp³-hybridized carbons (Fsp3) is 0.480. The highest BCUT2D eigenvalue weighted by Crippen LogP contribution is 2.20. The fourth-order valence-electron chi connectivity index (χ4n) is 4.67. The van der Waals surface area contributed by atoms with Gasteiger partial charge < -0.3 is 9.80 Å². The second-order valence-corrected chi connectivity index (χ2v) is 8.54. The van der Waals surface area contributed by atoms with E-state index in [2.05, 4.69) is 40.1 Å². The maximum absolute atomic E-state index is 13.1. The van der Waals surface area contributed by atoms with E-state index in [4.69, 9.17) is 0 Å². The van der Waals surface area contributed by atoms with Gasteiger partial charge in [-0.25, -0.2) is 4.39 Å². The highest BCUT2D eigenvalue weighted by atomic mass is 19.1. The highest BCUT2D eigenvalue weighted by Gasteiger charge is 2.28. The summed E-state index contributed by atoms with van der Waals surface area (Å²) in [5, 5.41) is 0. The van der Waals surface area contributed by atoms with E-state index < -0.39 is 0 Å². The molecule has 2 aliphatic rings.